The van der Waals surface area contributed by atoms with E-state index >= 15 is 0 Å². The normalized spacial score (nSPS) is 9.53. The fraction of sp³-hybridized carbons (Fsp3) is 0.727. The van der Waals surface area contributed by atoms with Crippen molar-refractivity contribution in [2.45, 2.75) is 32.6 Å². The summed E-state index contributed by atoms with van der Waals surface area (Å²) in [6, 6.07) is 0. The van der Waals surface area contributed by atoms with Gasteiger partial charge in [-0.3, -0.25) is 14.4 Å². The molecule has 0 aromatic rings. The molecule has 98 valence electrons. The number of nitrogens with one attached hydrogen (secondary N) is 2. The Morgan fingerprint density at radius 1 is 1.00 bits per heavy atom. The van der Waals surface area contributed by atoms with E-state index < -0.39 is 0 Å². The SMILES string of the molecule is COC(=O)CCC(=O)NCCCCNC(C)=O. The number of esters is 1. The molecule has 0 unspecified atom stereocenters. The predicted molar refractivity (Wildman–Crippen MR) is 62.2 cm³/mol. The number of carbonyl (C=O) groups is 3. The molecule has 6 heteroatoms. The number of hydrogen-bond acceptors (Lipinski definition) is 4. The molecule has 0 aliphatic carbocycles. The second-order valence-corrected chi connectivity index (χ2v) is 3.62. The largest absolute Gasteiger partial charge is 0.469 e. The Hall–Kier alpha value is -1.59. The Balaban J connectivity index is 3.33. The van der Waals surface area contributed by atoms with Gasteiger partial charge in [-0.1, -0.05) is 0 Å². The topological polar surface area (TPSA) is 84.5 Å². The van der Waals surface area contributed by atoms with Crippen molar-refractivity contribution in [1.29, 1.82) is 0 Å². The maximum Gasteiger partial charge on any atom is 0.306 e. The van der Waals surface area contributed by atoms with Crippen LogP contribution in [0.3, 0.4) is 0 Å². The van der Waals surface area contributed by atoms with Gasteiger partial charge < -0.3 is 15.4 Å². The smallest absolute Gasteiger partial charge is 0.306 e. The molecule has 0 fully saturated rings. The summed E-state index contributed by atoms with van der Waals surface area (Å²) >= 11 is 0. The first-order chi connectivity index (χ1) is 8.06. The zero-order chi connectivity index (χ0) is 13.1. The molecular formula is C11H20N2O4. The highest BCUT2D eigenvalue weighted by atomic mass is 16.5. The minimum absolute atomic E-state index is 0.0490. The zero-order valence-corrected chi connectivity index (χ0v) is 10.4. The first-order valence-corrected chi connectivity index (χ1v) is 5.64. The number of amides is 2. The number of rotatable bonds is 8. The molecular weight excluding hydrogens is 224 g/mol. The van der Waals surface area contributed by atoms with Gasteiger partial charge in [0, 0.05) is 26.4 Å². The van der Waals surface area contributed by atoms with E-state index in [0.29, 0.717) is 13.1 Å². The molecule has 0 aromatic heterocycles. The van der Waals surface area contributed by atoms with Crippen molar-refractivity contribution in [1.82, 2.24) is 10.6 Å². The van der Waals surface area contributed by atoms with Crippen LogP contribution < -0.4 is 10.6 Å². The van der Waals surface area contributed by atoms with Crippen LogP contribution in [0.25, 0.3) is 0 Å². The molecule has 0 aromatic carbocycles. The Bertz CT molecular complexity index is 266. The predicted octanol–water partition coefficient (Wildman–Crippen LogP) is -0.0279. The van der Waals surface area contributed by atoms with Crippen molar-refractivity contribution in [2.75, 3.05) is 20.2 Å². The van der Waals surface area contributed by atoms with Gasteiger partial charge in [0.2, 0.25) is 11.8 Å². The molecule has 0 aliphatic heterocycles. The monoisotopic (exact) mass is 244 g/mol. The minimum atomic E-state index is -0.384. The number of carbonyl (C=O) groups excluding carboxylic acids is 3. The van der Waals surface area contributed by atoms with Crippen LogP contribution in [0.1, 0.15) is 32.6 Å². The first-order valence-electron chi connectivity index (χ1n) is 5.64. The van der Waals surface area contributed by atoms with Crippen molar-refractivity contribution in [3.05, 3.63) is 0 Å². The van der Waals surface area contributed by atoms with Crippen LogP contribution in [0.5, 0.6) is 0 Å². The second kappa shape index (κ2) is 9.62. The Kier molecular flexibility index (Phi) is 8.72. The molecule has 6 nitrogen and oxygen atoms in total. The lowest BCUT2D eigenvalue weighted by Crippen LogP contribution is -2.26. The van der Waals surface area contributed by atoms with Crippen LogP contribution in [0.2, 0.25) is 0 Å². The van der Waals surface area contributed by atoms with Gasteiger partial charge in [0.1, 0.15) is 0 Å². The fourth-order valence-electron chi connectivity index (χ4n) is 1.15. The molecule has 0 saturated heterocycles. The van der Waals surface area contributed by atoms with Gasteiger partial charge in [-0.25, -0.2) is 0 Å². The summed E-state index contributed by atoms with van der Waals surface area (Å²) < 4.78 is 4.42. The molecule has 17 heavy (non-hydrogen) atoms. The Morgan fingerprint density at radius 2 is 1.59 bits per heavy atom. The van der Waals surface area contributed by atoms with Crippen molar-refractivity contribution in [3.8, 4) is 0 Å². The van der Waals surface area contributed by atoms with Crippen molar-refractivity contribution in [2.24, 2.45) is 0 Å². The van der Waals surface area contributed by atoms with E-state index in [0.717, 1.165) is 12.8 Å². The van der Waals surface area contributed by atoms with Crippen LogP contribution in [0.4, 0.5) is 0 Å². The van der Waals surface area contributed by atoms with Gasteiger partial charge in [-0.05, 0) is 12.8 Å². The minimum Gasteiger partial charge on any atom is -0.469 e. The zero-order valence-electron chi connectivity index (χ0n) is 10.4. The standard InChI is InChI=1S/C11H20N2O4/c1-9(14)12-7-3-4-8-13-10(15)5-6-11(16)17-2/h3-8H2,1-2H3,(H,12,14)(H,13,15). The van der Waals surface area contributed by atoms with Gasteiger partial charge in [0.15, 0.2) is 0 Å². The van der Waals surface area contributed by atoms with E-state index in [2.05, 4.69) is 15.4 Å². The third-order valence-electron chi connectivity index (χ3n) is 2.08. The van der Waals surface area contributed by atoms with Crippen LogP contribution in [0, 0.1) is 0 Å². The molecule has 0 spiro atoms. The van der Waals surface area contributed by atoms with Gasteiger partial charge in [0.05, 0.1) is 13.5 Å². The summed E-state index contributed by atoms with van der Waals surface area (Å²) in [6.07, 6.45) is 1.87. The average Bonchev–Trinajstić information content (AvgIpc) is 2.30. The average molecular weight is 244 g/mol. The third kappa shape index (κ3) is 10.7. The molecule has 0 rings (SSSR count). The molecule has 2 N–H and O–H groups in total. The fourth-order valence-corrected chi connectivity index (χ4v) is 1.15. The van der Waals surface area contributed by atoms with Crippen LogP contribution in [-0.2, 0) is 19.1 Å². The lowest BCUT2D eigenvalue weighted by molar-refractivity contribution is -0.142. The lowest BCUT2D eigenvalue weighted by atomic mass is 10.2. The van der Waals surface area contributed by atoms with Crippen LogP contribution in [-0.4, -0.2) is 38.0 Å². The maximum atomic E-state index is 11.2. The first kappa shape index (κ1) is 15.4. The molecule has 0 bridgehead atoms. The summed E-state index contributed by atoms with van der Waals surface area (Å²) in [5, 5.41) is 5.36. The molecule has 0 atom stereocenters. The molecule has 0 radical (unpaired) electrons. The highest BCUT2D eigenvalue weighted by Gasteiger charge is 2.05. The summed E-state index contributed by atoms with van der Waals surface area (Å²) in [6.45, 7) is 2.64. The quantitative estimate of drug-likeness (QED) is 0.464. The van der Waals surface area contributed by atoms with E-state index in [9.17, 15) is 14.4 Å². The molecule has 2 amide bonds. The van der Waals surface area contributed by atoms with Gasteiger partial charge in [-0.2, -0.15) is 0 Å². The van der Waals surface area contributed by atoms with E-state index in [-0.39, 0.29) is 30.6 Å². The number of hydrogen-bond donors (Lipinski definition) is 2. The Labute approximate surface area is 101 Å². The summed E-state index contributed by atoms with van der Waals surface area (Å²) in [7, 11) is 1.29. The molecule has 0 heterocycles. The van der Waals surface area contributed by atoms with E-state index in [4.69, 9.17) is 0 Å². The number of unbranched alkanes of at least 4 members (excludes halogenated alkanes) is 1. The highest BCUT2D eigenvalue weighted by Crippen LogP contribution is 1.92. The van der Waals surface area contributed by atoms with Crippen LogP contribution >= 0.6 is 0 Å². The summed E-state index contributed by atoms with van der Waals surface area (Å²) in [5.74, 6) is -0.590. The van der Waals surface area contributed by atoms with Gasteiger partial charge in [0.25, 0.3) is 0 Å². The summed E-state index contributed by atoms with van der Waals surface area (Å²) in [4.78, 5) is 32.5. The van der Waals surface area contributed by atoms with Crippen molar-refractivity contribution < 1.29 is 19.1 Å². The number of methoxy groups -OCH3 is 1. The van der Waals surface area contributed by atoms with E-state index in [1.54, 1.807) is 0 Å². The lowest BCUT2D eigenvalue weighted by Gasteiger charge is -2.05. The van der Waals surface area contributed by atoms with Crippen molar-refractivity contribution in [3.63, 3.8) is 0 Å². The van der Waals surface area contributed by atoms with E-state index in [1.165, 1.54) is 14.0 Å². The second-order valence-electron chi connectivity index (χ2n) is 3.62. The third-order valence-corrected chi connectivity index (χ3v) is 2.08. The number of ether oxygens (including phenoxy) is 1. The van der Waals surface area contributed by atoms with Crippen LogP contribution in [0.15, 0.2) is 0 Å². The summed E-state index contributed by atoms with van der Waals surface area (Å²) in [5.41, 5.74) is 0. The molecule has 0 aliphatic rings. The van der Waals surface area contributed by atoms with Gasteiger partial charge >= 0.3 is 5.97 Å². The maximum absolute atomic E-state index is 11.2. The molecule has 0 saturated carbocycles. The highest BCUT2D eigenvalue weighted by molar-refractivity contribution is 5.81. The van der Waals surface area contributed by atoms with Gasteiger partial charge in [-0.15, -0.1) is 0 Å². The van der Waals surface area contributed by atoms with Crippen molar-refractivity contribution >= 4 is 17.8 Å². The van der Waals surface area contributed by atoms with E-state index in [1.807, 2.05) is 0 Å². The Morgan fingerprint density at radius 3 is 2.12 bits per heavy atom.